The highest BCUT2D eigenvalue weighted by Gasteiger charge is 2.40. The normalized spacial score (nSPS) is 33.3. The Kier molecular flexibility index (Phi) is 3.08. The van der Waals surface area contributed by atoms with Crippen LogP contribution in [-0.2, 0) is 0 Å². The second kappa shape index (κ2) is 4.93. The number of rotatable bonds is 2. The smallest absolute Gasteiger partial charge is 0.127 e. The molecule has 20 heavy (non-hydrogen) atoms. The third kappa shape index (κ3) is 1.98. The Balaban J connectivity index is 1.59. The molecule has 1 aromatic rings. The Morgan fingerprint density at radius 2 is 2.20 bits per heavy atom. The molecule has 3 aliphatic rings. The Bertz CT molecular complexity index is 499. The van der Waals surface area contributed by atoms with Crippen LogP contribution in [0.15, 0.2) is 18.2 Å². The molecule has 1 aromatic carbocycles. The van der Waals surface area contributed by atoms with Crippen molar-refractivity contribution in [2.75, 3.05) is 19.7 Å². The molecule has 4 nitrogen and oxygen atoms in total. The number of ether oxygens (including phenoxy) is 1. The number of phenolic OH excluding ortho intramolecular Hbond substituents is 1. The van der Waals surface area contributed by atoms with E-state index in [4.69, 9.17) is 4.74 Å². The fraction of sp³-hybridized carbons (Fsp3) is 0.625. The van der Waals surface area contributed by atoms with E-state index in [9.17, 15) is 5.11 Å². The Labute approximate surface area is 119 Å². The van der Waals surface area contributed by atoms with E-state index in [2.05, 4.69) is 10.2 Å². The van der Waals surface area contributed by atoms with E-state index in [0.29, 0.717) is 23.9 Å². The van der Waals surface area contributed by atoms with Crippen molar-refractivity contribution in [2.45, 2.75) is 43.8 Å². The number of nitrogens with zero attached hydrogens (tertiary/aromatic N) is 1. The van der Waals surface area contributed by atoms with E-state index < -0.39 is 0 Å². The molecule has 4 heteroatoms. The van der Waals surface area contributed by atoms with Crippen LogP contribution >= 0.6 is 0 Å². The highest BCUT2D eigenvalue weighted by Crippen LogP contribution is 2.41. The van der Waals surface area contributed by atoms with Gasteiger partial charge in [-0.1, -0.05) is 0 Å². The van der Waals surface area contributed by atoms with Gasteiger partial charge < -0.3 is 15.2 Å². The van der Waals surface area contributed by atoms with Gasteiger partial charge in [-0.25, -0.2) is 0 Å². The average Bonchev–Trinajstić information content (AvgIpc) is 3.17. The molecule has 3 unspecified atom stereocenters. The molecule has 0 bridgehead atoms. The van der Waals surface area contributed by atoms with E-state index in [1.54, 1.807) is 12.1 Å². The van der Waals surface area contributed by atoms with Crippen LogP contribution in [0.25, 0.3) is 0 Å². The van der Waals surface area contributed by atoms with Gasteiger partial charge in [0, 0.05) is 23.7 Å². The van der Waals surface area contributed by atoms with Crippen molar-refractivity contribution >= 4 is 0 Å². The van der Waals surface area contributed by atoms with E-state index in [1.807, 2.05) is 6.07 Å². The monoisotopic (exact) mass is 274 g/mol. The van der Waals surface area contributed by atoms with Crippen LogP contribution in [0.3, 0.4) is 0 Å². The quantitative estimate of drug-likeness (QED) is 0.866. The first-order valence-corrected chi connectivity index (χ1v) is 7.78. The van der Waals surface area contributed by atoms with Crippen LogP contribution in [0.5, 0.6) is 11.5 Å². The first-order chi connectivity index (χ1) is 9.83. The van der Waals surface area contributed by atoms with Crippen molar-refractivity contribution in [3.05, 3.63) is 23.8 Å². The van der Waals surface area contributed by atoms with E-state index in [0.717, 1.165) is 18.9 Å². The SMILES string of the molecule is Oc1ccc2c(c1)OCC2N1CCCC1C1CCCN1. The lowest BCUT2D eigenvalue weighted by atomic mass is 10.0. The molecular weight excluding hydrogens is 252 g/mol. The molecule has 0 amide bonds. The molecule has 0 saturated carbocycles. The molecule has 108 valence electrons. The largest absolute Gasteiger partial charge is 0.508 e. The van der Waals surface area contributed by atoms with Crippen molar-refractivity contribution in [1.29, 1.82) is 0 Å². The van der Waals surface area contributed by atoms with Crippen molar-refractivity contribution < 1.29 is 9.84 Å². The number of benzene rings is 1. The molecular formula is C16H22N2O2. The van der Waals surface area contributed by atoms with Crippen molar-refractivity contribution in [1.82, 2.24) is 10.2 Å². The summed E-state index contributed by atoms with van der Waals surface area (Å²) in [6.07, 6.45) is 5.19. The summed E-state index contributed by atoms with van der Waals surface area (Å²) in [7, 11) is 0. The van der Waals surface area contributed by atoms with Gasteiger partial charge in [0.1, 0.15) is 18.1 Å². The third-order valence-corrected chi connectivity index (χ3v) is 5.06. The highest BCUT2D eigenvalue weighted by atomic mass is 16.5. The number of nitrogens with one attached hydrogen (secondary N) is 1. The summed E-state index contributed by atoms with van der Waals surface area (Å²) < 4.78 is 5.79. The topological polar surface area (TPSA) is 44.7 Å². The van der Waals surface area contributed by atoms with Crippen molar-refractivity contribution in [2.24, 2.45) is 0 Å². The van der Waals surface area contributed by atoms with Crippen LogP contribution in [0.2, 0.25) is 0 Å². The summed E-state index contributed by atoms with van der Waals surface area (Å²) in [5.41, 5.74) is 1.24. The standard InChI is InChI=1S/C16H22N2O2/c19-11-5-6-12-15(10-20-16(12)9-11)18-8-2-4-14(18)13-3-1-7-17-13/h5-6,9,13-15,17,19H,1-4,7-8,10H2. The van der Waals surface area contributed by atoms with Crippen LogP contribution < -0.4 is 10.1 Å². The molecule has 4 rings (SSSR count). The summed E-state index contributed by atoms with van der Waals surface area (Å²) in [5, 5.41) is 13.2. The van der Waals surface area contributed by atoms with E-state index in [-0.39, 0.29) is 0 Å². The molecule has 2 saturated heterocycles. The Morgan fingerprint density at radius 3 is 3.05 bits per heavy atom. The van der Waals surface area contributed by atoms with Crippen LogP contribution in [0, 0.1) is 0 Å². The predicted octanol–water partition coefficient (Wildman–Crippen LogP) is 2.04. The zero-order valence-corrected chi connectivity index (χ0v) is 11.7. The van der Waals surface area contributed by atoms with Gasteiger partial charge >= 0.3 is 0 Å². The lowest BCUT2D eigenvalue weighted by molar-refractivity contribution is 0.129. The fourth-order valence-electron chi connectivity index (χ4n) is 4.13. The minimum atomic E-state index is 0.292. The average molecular weight is 274 g/mol. The Hall–Kier alpha value is -1.26. The van der Waals surface area contributed by atoms with E-state index >= 15 is 0 Å². The molecule has 0 aromatic heterocycles. The minimum Gasteiger partial charge on any atom is -0.508 e. The second-order valence-electron chi connectivity index (χ2n) is 6.20. The molecule has 3 atom stereocenters. The van der Waals surface area contributed by atoms with Gasteiger partial charge in [0.2, 0.25) is 0 Å². The van der Waals surface area contributed by atoms with Gasteiger partial charge in [0.05, 0.1) is 6.04 Å². The molecule has 0 aliphatic carbocycles. The maximum atomic E-state index is 9.57. The number of hydrogen-bond acceptors (Lipinski definition) is 4. The van der Waals surface area contributed by atoms with Crippen molar-refractivity contribution in [3.63, 3.8) is 0 Å². The molecule has 2 N–H and O–H groups in total. The maximum absolute atomic E-state index is 9.57. The first kappa shape index (κ1) is 12.5. The summed E-state index contributed by atoms with van der Waals surface area (Å²) in [4.78, 5) is 2.63. The molecule has 3 aliphatic heterocycles. The lowest BCUT2D eigenvalue weighted by Crippen LogP contribution is -2.45. The number of fused-ring (bicyclic) bond motifs is 1. The van der Waals surface area contributed by atoms with Crippen molar-refractivity contribution in [3.8, 4) is 11.5 Å². The summed E-state index contributed by atoms with van der Waals surface area (Å²) in [6, 6.07) is 7.21. The highest BCUT2D eigenvalue weighted by molar-refractivity contribution is 5.44. The molecule has 0 radical (unpaired) electrons. The van der Waals surface area contributed by atoms with Gasteiger partial charge in [-0.05, 0) is 50.9 Å². The maximum Gasteiger partial charge on any atom is 0.127 e. The first-order valence-electron chi connectivity index (χ1n) is 7.78. The number of aromatic hydroxyl groups is 1. The summed E-state index contributed by atoms with van der Waals surface area (Å²) in [6.45, 7) is 3.06. The van der Waals surface area contributed by atoms with Gasteiger partial charge in [-0.15, -0.1) is 0 Å². The second-order valence-corrected chi connectivity index (χ2v) is 6.20. The number of phenols is 1. The zero-order chi connectivity index (χ0) is 13.5. The fourth-order valence-corrected chi connectivity index (χ4v) is 4.13. The van der Waals surface area contributed by atoms with Crippen LogP contribution in [0.1, 0.15) is 37.3 Å². The van der Waals surface area contributed by atoms with E-state index in [1.165, 1.54) is 37.8 Å². The number of likely N-dealkylation sites (tertiary alicyclic amines) is 1. The van der Waals surface area contributed by atoms with Crippen LogP contribution in [0.4, 0.5) is 0 Å². The predicted molar refractivity (Wildman–Crippen MR) is 77.1 cm³/mol. The molecule has 2 fully saturated rings. The summed E-state index contributed by atoms with van der Waals surface area (Å²) in [5.74, 6) is 1.15. The van der Waals surface area contributed by atoms with Crippen LogP contribution in [-0.4, -0.2) is 41.8 Å². The number of hydrogen-bond donors (Lipinski definition) is 2. The summed E-state index contributed by atoms with van der Waals surface area (Å²) >= 11 is 0. The third-order valence-electron chi connectivity index (χ3n) is 5.06. The molecule has 3 heterocycles. The lowest BCUT2D eigenvalue weighted by Gasteiger charge is -2.33. The van der Waals surface area contributed by atoms with Gasteiger partial charge in [0.15, 0.2) is 0 Å². The minimum absolute atomic E-state index is 0.292. The van der Waals surface area contributed by atoms with Gasteiger partial charge in [0.25, 0.3) is 0 Å². The Morgan fingerprint density at radius 1 is 1.25 bits per heavy atom. The molecule has 0 spiro atoms. The van der Waals surface area contributed by atoms with Gasteiger partial charge in [-0.2, -0.15) is 0 Å². The van der Waals surface area contributed by atoms with Gasteiger partial charge in [-0.3, -0.25) is 4.90 Å². The zero-order valence-electron chi connectivity index (χ0n) is 11.7.